The van der Waals surface area contributed by atoms with Gasteiger partial charge >= 0.3 is 0 Å². The number of rotatable bonds is 2. The van der Waals surface area contributed by atoms with Gasteiger partial charge in [0.1, 0.15) is 11.3 Å². The molecule has 0 saturated carbocycles. The van der Waals surface area contributed by atoms with Crippen LogP contribution in [0.4, 0.5) is 14.6 Å². The summed E-state index contributed by atoms with van der Waals surface area (Å²) in [6.45, 7) is 0. The summed E-state index contributed by atoms with van der Waals surface area (Å²) in [5.41, 5.74) is 4.50. The van der Waals surface area contributed by atoms with Gasteiger partial charge in [-0.05, 0) is 0 Å². The summed E-state index contributed by atoms with van der Waals surface area (Å²) >= 11 is 0. The molecular weight excluding hydrogens is 182 g/mol. The van der Waals surface area contributed by atoms with Gasteiger partial charge in [-0.15, -0.1) is 0 Å². The van der Waals surface area contributed by atoms with Gasteiger partial charge < -0.3 is 15.6 Å². The second-order valence-corrected chi connectivity index (χ2v) is 2.27. The molecule has 1 rings (SSSR count). The number of anilines is 1. The Morgan fingerprint density at radius 1 is 1.62 bits per heavy atom. The number of aromatic hydroxyl groups is 1. The molecule has 0 saturated heterocycles. The predicted molar refractivity (Wildman–Crippen MR) is 41.8 cm³/mol. The zero-order chi connectivity index (χ0) is 10.0. The fourth-order valence-electron chi connectivity index (χ4n) is 0.887. The van der Waals surface area contributed by atoms with Crippen molar-refractivity contribution in [2.45, 2.75) is 6.43 Å². The second kappa shape index (κ2) is 3.42. The van der Waals surface area contributed by atoms with E-state index >= 15 is 0 Å². The third-order valence-electron chi connectivity index (χ3n) is 1.52. The lowest BCUT2D eigenvalue weighted by molar-refractivity contribution is 0.143. The number of methoxy groups -OCH3 is 1. The summed E-state index contributed by atoms with van der Waals surface area (Å²) in [5.74, 6) is -1.24. The van der Waals surface area contributed by atoms with Crippen LogP contribution in [0, 0.1) is 0 Å². The highest BCUT2D eigenvalue weighted by molar-refractivity contribution is 5.55. The Balaban J connectivity index is 3.32. The van der Waals surface area contributed by atoms with Gasteiger partial charge in [0.2, 0.25) is 0 Å². The molecule has 3 N–H and O–H groups in total. The Morgan fingerprint density at radius 2 is 2.23 bits per heavy atom. The van der Waals surface area contributed by atoms with E-state index in [2.05, 4.69) is 9.72 Å². The van der Waals surface area contributed by atoms with E-state index in [1.54, 1.807) is 0 Å². The Bertz CT molecular complexity index is 318. The fraction of sp³-hybridized carbons (Fsp3) is 0.286. The van der Waals surface area contributed by atoms with Gasteiger partial charge in [0, 0.05) is 0 Å². The molecule has 1 heterocycles. The van der Waals surface area contributed by atoms with Crippen LogP contribution >= 0.6 is 0 Å². The van der Waals surface area contributed by atoms with Gasteiger partial charge in [-0.1, -0.05) is 0 Å². The number of hydrogen-bond donors (Lipinski definition) is 2. The molecule has 13 heavy (non-hydrogen) atoms. The minimum absolute atomic E-state index is 0.179. The van der Waals surface area contributed by atoms with E-state index in [9.17, 15) is 8.78 Å². The van der Waals surface area contributed by atoms with Crippen LogP contribution in [0.5, 0.6) is 11.5 Å². The first kappa shape index (κ1) is 9.50. The van der Waals surface area contributed by atoms with Crippen LogP contribution in [0.3, 0.4) is 0 Å². The molecule has 0 spiro atoms. The zero-order valence-electron chi connectivity index (χ0n) is 6.79. The Hall–Kier alpha value is -1.59. The van der Waals surface area contributed by atoms with E-state index in [1.807, 2.05) is 0 Å². The summed E-state index contributed by atoms with van der Waals surface area (Å²) in [6.07, 6.45) is -1.81. The lowest BCUT2D eigenvalue weighted by Crippen LogP contribution is -1.99. The maximum absolute atomic E-state index is 12.3. The van der Waals surface area contributed by atoms with Crippen molar-refractivity contribution < 1.29 is 18.6 Å². The van der Waals surface area contributed by atoms with E-state index in [4.69, 9.17) is 10.8 Å². The first-order valence-corrected chi connectivity index (χ1v) is 3.37. The summed E-state index contributed by atoms with van der Waals surface area (Å²) in [5, 5.41) is 9.13. The van der Waals surface area contributed by atoms with Gasteiger partial charge in [-0.3, -0.25) is 0 Å². The summed E-state index contributed by atoms with van der Waals surface area (Å²) in [4.78, 5) is 3.46. The maximum atomic E-state index is 12.3. The SMILES string of the molecule is COc1cnc(N)c(O)c1C(F)F. The van der Waals surface area contributed by atoms with Crippen molar-refractivity contribution in [3.05, 3.63) is 11.8 Å². The highest BCUT2D eigenvalue weighted by atomic mass is 19.3. The number of halogens is 2. The number of pyridine rings is 1. The highest BCUT2D eigenvalue weighted by Crippen LogP contribution is 2.38. The van der Waals surface area contributed by atoms with Crippen LogP contribution in [0.1, 0.15) is 12.0 Å². The average Bonchev–Trinajstić information content (AvgIpc) is 2.08. The number of alkyl halides is 2. The Morgan fingerprint density at radius 3 is 2.69 bits per heavy atom. The number of aromatic nitrogens is 1. The third-order valence-corrected chi connectivity index (χ3v) is 1.52. The van der Waals surface area contributed by atoms with Crippen LogP contribution in [0.25, 0.3) is 0 Å². The monoisotopic (exact) mass is 190 g/mol. The number of nitrogens with zero attached hydrogens (tertiary/aromatic N) is 1. The molecule has 72 valence electrons. The fourth-order valence-corrected chi connectivity index (χ4v) is 0.887. The van der Waals surface area contributed by atoms with E-state index in [0.717, 1.165) is 6.20 Å². The number of hydrogen-bond acceptors (Lipinski definition) is 4. The van der Waals surface area contributed by atoms with Crippen LogP contribution in [-0.2, 0) is 0 Å². The van der Waals surface area contributed by atoms with Gasteiger partial charge in [0.25, 0.3) is 6.43 Å². The van der Waals surface area contributed by atoms with Crippen molar-refractivity contribution in [3.8, 4) is 11.5 Å². The van der Waals surface area contributed by atoms with E-state index in [-0.39, 0.29) is 11.6 Å². The molecule has 6 heteroatoms. The molecule has 4 nitrogen and oxygen atoms in total. The zero-order valence-corrected chi connectivity index (χ0v) is 6.79. The molecule has 0 fully saturated rings. The standard InChI is InChI=1S/C7H8F2N2O2/c1-13-3-2-11-7(10)5(12)4(3)6(8)9/h2,6,12H,1H3,(H2,10,11). The molecule has 0 aliphatic heterocycles. The molecule has 0 unspecified atom stereocenters. The Labute approximate surface area is 73.0 Å². The first-order chi connectivity index (χ1) is 6.07. The van der Waals surface area contributed by atoms with Crippen molar-refractivity contribution in [2.24, 2.45) is 0 Å². The van der Waals surface area contributed by atoms with Crippen LogP contribution in [0.2, 0.25) is 0 Å². The third kappa shape index (κ3) is 1.61. The molecule has 0 aliphatic rings. The van der Waals surface area contributed by atoms with Crippen molar-refractivity contribution in [2.75, 3.05) is 12.8 Å². The van der Waals surface area contributed by atoms with Crippen molar-refractivity contribution in [3.63, 3.8) is 0 Å². The van der Waals surface area contributed by atoms with Crippen LogP contribution in [0.15, 0.2) is 6.20 Å². The van der Waals surface area contributed by atoms with Crippen LogP contribution in [-0.4, -0.2) is 17.2 Å². The molecular formula is C7H8F2N2O2. The van der Waals surface area contributed by atoms with E-state index < -0.39 is 17.7 Å². The van der Waals surface area contributed by atoms with Crippen molar-refractivity contribution in [1.82, 2.24) is 4.98 Å². The van der Waals surface area contributed by atoms with Gasteiger partial charge in [0.05, 0.1) is 13.3 Å². The smallest absolute Gasteiger partial charge is 0.271 e. The topological polar surface area (TPSA) is 68.4 Å². The molecule has 1 aromatic heterocycles. The minimum Gasteiger partial charge on any atom is -0.504 e. The number of nitrogens with two attached hydrogens (primary N) is 1. The first-order valence-electron chi connectivity index (χ1n) is 3.37. The average molecular weight is 190 g/mol. The minimum atomic E-state index is -2.85. The number of ether oxygens (including phenoxy) is 1. The molecule has 0 aromatic carbocycles. The molecule has 0 amide bonds. The van der Waals surface area contributed by atoms with Crippen molar-refractivity contribution >= 4 is 5.82 Å². The molecule has 1 aromatic rings. The summed E-state index contributed by atoms with van der Waals surface area (Å²) < 4.78 is 29.2. The number of nitrogen functional groups attached to an aromatic ring is 1. The molecule has 0 bridgehead atoms. The summed E-state index contributed by atoms with van der Waals surface area (Å²) in [7, 11) is 1.21. The second-order valence-electron chi connectivity index (χ2n) is 2.27. The quantitative estimate of drug-likeness (QED) is 0.737. The largest absolute Gasteiger partial charge is 0.504 e. The van der Waals surface area contributed by atoms with Gasteiger partial charge in [-0.2, -0.15) is 0 Å². The van der Waals surface area contributed by atoms with Crippen molar-refractivity contribution in [1.29, 1.82) is 0 Å². The van der Waals surface area contributed by atoms with Gasteiger partial charge in [0.15, 0.2) is 11.6 Å². The van der Waals surface area contributed by atoms with E-state index in [1.165, 1.54) is 7.11 Å². The maximum Gasteiger partial charge on any atom is 0.271 e. The molecule has 0 radical (unpaired) electrons. The normalized spacial score (nSPS) is 10.5. The Kier molecular flexibility index (Phi) is 2.50. The predicted octanol–water partition coefficient (Wildman–Crippen LogP) is 1.32. The van der Waals surface area contributed by atoms with E-state index in [0.29, 0.717) is 0 Å². The molecule has 0 aliphatic carbocycles. The van der Waals surface area contributed by atoms with Crippen LogP contribution < -0.4 is 10.5 Å². The molecule has 0 atom stereocenters. The van der Waals surface area contributed by atoms with Gasteiger partial charge in [-0.25, -0.2) is 13.8 Å². The lowest BCUT2D eigenvalue weighted by atomic mass is 10.2. The highest BCUT2D eigenvalue weighted by Gasteiger charge is 2.21. The summed E-state index contributed by atoms with van der Waals surface area (Å²) in [6, 6.07) is 0. The lowest BCUT2D eigenvalue weighted by Gasteiger charge is -2.09.